The van der Waals surface area contributed by atoms with Gasteiger partial charge in [0.05, 0.1) is 10.4 Å². The first-order valence-electron chi connectivity index (χ1n) is 7.01. The Kier molecular flexibility index (Phi) is 3.63. The Hall–Kier alpha value is -1.95. The molecular formula is C15H19N5S. The number of hydrogen-bond donors (Lipinski definition) is 1. The predicted molar refractivity (Wildman–Crippen MR) is 86.9 cm³/mol. The summed E-state index contributed by atoms with van der Waals surface area (Å²) in [7, 11) is 1.93. The van der Waals surface area contributed by atoms with Crippen LogP contribution < -0.4 is 5.32 Å². The summed E-state index contributed by atoms with van der Waals surface area (Å²) in [6.07, 6.45) is 2.74. The molecule has 0 amide bonds. The number of rotatable bonds is 4. The van der Waals surface area contributed by atoms with Gasteiger partial charge in [0, 0.05) is 31.4 Å². The van der Waals surface area contributed by atoms with Crippen LogP contribution in [0, 0.1) is 13.8 Å². The fourth-order valence-electron chi connectivity index (χ4n) is 2.43. The lowest BCUT2D eigenvalue weighted by Gasteiger charge is -2.13. The maximum absolute atomic E-state index is 4.62. The predicted octanol–water partition coefficient (Wildman–Crippen LogP) is 3.08. The first-order chi connectivity index (χ1) is 10.0. The molecule has 0 aromatic carbocycles. The molecule has 3 aromatic rings. The molecule has 1 atom stereocenters. The molecule has 0 aliphatic carbocycles. The molecule has 0 aliphatic heterocycles. The second-order valence-corrected chi connectivity index (χ2v) is 6.40. The summed E-state index contributed by atoms with van der Waals surface area (Å²) in [4.78, 5) is 9.07. The molecule has 0 radical (unpaired) electrons. The molecule has 0 fully saturated rings. The Morgan fingerprint density at radius 1 is 1.38 bits per heavy atom. The van der Waals surface area contributed by atoms with Gasteiger partial charge in [0.25, 0.3) is 0 Å². The van der Waals surface area contributed by atoms with Gasteiger partial charge < -0.3 is 5.32 Å². The number of nitrogens with zero attached hydrogens (tertiary/aromatic N) is 4. The third kappa shape index (κ3) is 2.76. The van der Waals surface area contributed by atoms with E-state index in [2.05, 4.69) is 40.3 Å². The third-order valence-corrected chi connectivity index (χ3v) is 4.62. The highest BCUT2D eigenvalue weighted by atomic mass is 32.1. The minimum atomic E-state index is 0.285. The van der Waals surface area contributed by atoms with Crippen LogP contribution in [0.1, 0.15) is 23.9 Å². The van der Waals surface area contributed by atoms with Gasteiger partial charge in [0.1, 0.15) is 0 Å². The van der Waals surface area contributed by atoms with E-state index in [9.17, 15) is 0 Å². The summed E-state index contributed by atoms with van der Waals surface area (Å²) in [6, 6.07) is 4.36. The van der Waals surface area contributed by atoms with Crippen molar-refractivity contribution in [3.05, 3.63) is 35.3 Å². The normalized spacial score (nSPS) is 12.8. The van der Waals surface area contributed by atoms with Gasteiger partial charge in [-0.25, -0.2) is 9.67 Å². The lowest BCUT2D eigenvalue weighted by Crippen LogP contribution is -2.19. The number of pyridine rings is 1. The highest BCUT2D eigenvalue weighted by Crippen LogP contribution is 2.28. The smallest absolute Gasteiger partial charge is 0.185 e. The SMILES string of the molecule is Cc1cccnc1C[C@@H](C)Nc1nc2c(s1)c(C)nn2C. The fraction of sp³-hybridized carbons (Fsp3) is 0.400. The highest BCUT2D eigenvalue weighted by molar-refractivity contribution is 7.22. The van der Waals surface area contributed by atoms with E-state index >= 15 is 0 Å². The van der Waals surface area contributed by atoms with Crippen molar-refractivity contribution in [3.8, 4) is 0 Å². The quantitative estimate of drug-likeness (QED) is 0.804. The minimum Gasteiger partial charge on any atom is -0.359 e. The van der Waals surface area contributed by atoms with Crippen LogP contribution >= 0.6 is 11.3 Å². The maximum Gasteiger partial charge on any atom is 0.185 e. The van der Waals surface area contributed by atoms with Gasteiger partial charge in [-0.15, -0.1) is 0 Å². The minimum absolute atomic E-state index is 0.285. The molecule has 0 unspecified atom stereocenters. The molecule has 5 nitrogen and oxygen atoms in total. The van der Waals surface area contributed by atoms with Crippen molar-refractivity contribution in [3.63, 3.8) is 0 Å². The first kappa shape index (κ1) is 14.0. The number of aromatic nitrogens is 4. The van der Waals surface area contributed by atoms with Gasteiger partial charge in [-0.3, -0.25) is 4.98 Å². The van der Waals surface area contributed by atoms with Crippen molar-refractivity contribution in [2.24, 2.45) is 7.05 Å². The Morgan fingerprint density at radius 3 is 2.90 bits per heavy atom. The van der Waals surface area contributed by atoms with Crippen molar-refractivity contribution in [1.29, 1.82) is 0 Å². The second-order valence-electron chi connectivity index (χ2n) is 5.40. The van der Waals surface area contributed by atoms with E-state index in [1.807, 2.05) is 30.9 Å². The molecule has 6 heteroatoms. The van der Waals surface area contributed by atoms with Crippen LogP contribution in [0.25, 0.3) is 10.3 Å². The number of thiazole rings is 1. The van der Waals surface area contributed by atoms with E-state index in [-0.39, 0.29) is 6.04 Å². The van der Waals surface area contributed by atoms with Gasteiger partial charge in [-0.1, -0.05) is 17.4 Å². The monoisotopic (exact) mass is 301 g/mol. The van der Waals surface area contributed by atoms with E-state index in [0.717, 1.165) is 33.3 Å². The number of aryl methyl sites for hydroxylation is 3. The van der Waals surface area contributed by atoms with Crippen molar-refractivity contribution in [2.75, 3.05) is 5.32 Å². The van der Waals surface area contributed by atoms with Crippen LogP contribution in [0.5, 0.6) is 0 Å². The van der Waals surface area contributed by atoms with Crippen LogP contribution in [-0.4, -0.2) is 25.8 Å². The summed E-state index contributed by atoms with van der Waals surface area (Å²) in [6.45, 7) is 6.28. The average Bonchev–Trinajstić information content (AvgIpc) is 2.95. The van der Waals surface area contributed by atoms with Gasteiger partial charge in [0.15, 0.2) is 10.8 Å². The van der Waals surface area contributed by atoms with Crippen LogP contribution in [0.4, 0.5) is 5.13 Å². The van der Waals surface area contributed by atoms with Crippen molar-refractivity contribution >= 4 is 26.8 Å². The Bertz CT molecular complexity index is 739. The molecule has 0 aliphatic rings. The zero-order valence-corrected chi connectivity index (χ0v) is 13.5. The summed E-state index contributed by atoms with van der Waals surface area (Å²) in [5.74, 6) is 0. The Balaban J connectivity index is 1.75. The molecule has 0 saturated carbocycles. The molecule has 110 valence electrons. The van der Waals surface area contributed by atoms with E-state index < -0.39 is 0 Å². The number of fused-ring (bicyclic) bond motifs is 1. The molecule has 0 saturated heterocycles. The Morgan fingerprint density at radius 2 is 2.19 bits per heavy atom. The second kappa shape index (κ2) is 5.44. The van der Waals surface area contributed by atoms with Crippen molar-refractivity contribution in [1.82, 2.24) is 19.7 Å². The number of anilines is 1. The first-order valence-corrected chi connectivity index (χ1v) is 7.83. The van der Waals surface area contributed by atoms with E-state index in [4.69, 9.17) is 0 Å². The molecule has 3 heterocycles. The average molecular weight is 301 g/mol. The third-order valence-electron chi connectivity index (χ3n) is 3.53. The Labute approximate surface area is 128 Å². The van der Waals surface area contributed by atoms with Gasteiger partial charge in [-0.05, 0) is 32.4 Å². The molecule has 3 rings (SSSR count). The van der Waals surface area contributed by atoms with E-state index in [1.165, 1.54) is 5.56 Å². The van der Waals surface area contributed by atoms with E-state index in [1.54, 1.807) is 11.3 Å². The largest absolute Gasteiger partial charge is 0.359 e. The van der Waals surface area contributed by atoms with Crippen LogP contribution in [-0.2, 0) is 13.5 Å². The zero-order valence-electron chi connectivity index (χ0n) is 12.7. The fourth-order valence-corrected chi connectivity index (χ4v) is 3.47. The summed E-state index contributed by atoms with van der Waals surface area (Å²) < 4.78 is 2.99. The molecule has 0 bridgehead atoms. The molecule has 1 N–H and O–H groups in total. The zero-order chi connectivity index (χ0) is 15.0. The van der Waals surface area contributed by atoms with Crippen LogP contribution in [0.15, 0.2) is 18.3 Å². The standard InChI is InChI=1S/C15H19N5S/c1-9-6-5-7-16-12(9)8-10(2)17-15-18-14-13(21-15)11(3)19-20(14)4/h5-7,10H,8H2,1-4H3,(H,17,18)/t10-/m1/s1. The van der Waals surface area contributed by atoms with Crippen molar-refractivity contribution in [2.45, 2.75) is 33.2 Å². The molecule has 3 aromatic heterocycles. The maximum atomic E-state index is 4.62. The lowest BCUT2D eigenvalue weighted by atomic mass is 10.1. The number of nitrogens with one attached hydrogen (secondary N) is 1. The molecule has 21 heavy (non-hydrogen) atoms. The van der Waals surface area contributed by atoms with Crippen molar-refractivity contribution < 1.29 is 0 Å². The van der Waals surface area contributed by atoms with Gasteiger partial charge >= 0.3 is 0 Å². The molecular weight excluding hydrogens is 282 g/mol. The highest BCUT2D eigenvalue weighted by Gasteiger charge is 2.14. The number of hydrogen-bond acceptors (Lipinski definition) is 5. The topological polar surface area (TPSA) is 55.6 Å². The van der Waals surface area contributed by atoms with Gasteiger partial charge in [-0.2, -0.15) is 5.10 Å². The summed E-state index contributed by atoms with van der Waals surface area (Å²) >= 11 is 1.66. The summed E-state index contributed by atoms with van der Waals surface area (Å²) in [5, 5.41) is 8.80. The van der Waals surface area contributed by atoms with Crippen LogP contribution in [0.2, 0.25) is 0 Å². The van der Waals surface area contributed by atoms with Gasteiger partial charge in [0.2, 0.25) is 0 Å². The van der Waals surface area contributed by atoms with E-state index in [0.29, 0.717) is 0 Å². The molecule has 0 spiro atoms. The van der Waals surface area contributed by atoms with Crippen LogP contribution in [0.3, 0.4) is 0 Å². The lowest BCUT2D eigenvalue weighted by molar-refractivity contribution is 0.758. The summed E-state index contributed by atoms with van der Waals surface area (Å²) in [5.41, 5.74) is 4.35.